The van der Waals surface area contributed by atoms with Crippen molar-refractivity contribution in [3.63, 3.8) is 0 Å². The van der Waals surface area contributed by atoms with E-state index in [1.165, 1.54) is 22.5 Å². The zero-order chi connectivity index (χ0) is 16.4. The molecule has 0 N–H and O–H groups in total. The fraction of sp³-hybridized carbons (Fsp3) is 0.250. The summed E-state index contributed by atoms with van der Waals surface area (Å²) in [7, 11) is -3.76. The predicted octanol–water partition coefficient (Wildman–Crippen LogP) is 2.77. The van der Waals surface area contributed by atoms with Crippen LogP contribution in [0.25, 0.3) is 0 Å². The Morgan fingerprint density at radius 3 is 2.65 bits per heavy atom. The van der Waals surface area contributed by atoms with Gasteiger partial charge in [-0.25, -0.2) is 12.8 Å². The monoisotopic (exact) mass is 337 g/mol. The van der Waals surface area contributed by atoms with E-state index in [4.69, 9.17) is 9.47 Å². The number of hydrogen-bond donors (Lipinski definition) is 0. The maximum absolute atomic E-state index is 13.3. The van der Waals surface area contributed by atoms with Gasteiger partial charge in [0.15, 0.2) is 11.5 Å². The van der Waals surface area contributed by atoms with E-state index in [0.717, 1.165) is 11.6 Å². The second-order valence-corrected chi connectivity index (χ2v) is 7.01. The van der Waals surface area contributed by atoms with Crippen molar-refractivity contribution in [1.82, 2.24) is 4.31 Å². The predicted molar refractivity (Wildman–Crippen MR) is 82.2 cm³/mol. The number of rotatable bonds is 5. The minimum absolute atomic E-state index is 0.0555. The van der Waals surface area contributed by atoms with Crippen molar-refractivity contribution in [2.45, 2.75) is 18.4 Å². The molecule has 122 valence electrons. The van der Waals surface area contributed by atoms with E-state index in [9.17, 15) is 12.8 Å². The summed E-state index contributed by atoms with van der Waals surface area (Å²) in [5.74, 6) is 0.664. The summed E-state index contributed by atoms with van der Waals surface area (Å²) in [6.07, 6.45) is 0. The summed E-state index contributed by atoms with van der Waals surface area (Å²) in [4.78, 5) is -0.0555. The van der Waals surface area contributed by atoms with E-state index in [0.29, 0.717) is 11.5 Å². The van der Waals surface area contributed by atoms with Gasteiger partial charge in [0.25, 0.3) is 0 Å². The van der Waals surface area contributed by atoms with Gasteiger partial charge in [0.1, 0.15) is 5.82 Å². The molecular weight excluding hydrogens is 321 g/mol. The molecule has 2 aromatic rings. The molecule has 1 heterocycles. The van der Waals surface area contributed by atoms with E-state index in [2.05, 4.69) is 0 Å². The first-order valence-corrected chi connectivity index (χ1v) is 8.59. The van der Waals surface area contributed by atoms with Crippen LogP contribution in [0.5, 0.6) is 11.5 Å². The molecule has 0 aliphatic carbocycles. The molecule has 5 nitrogen and oxygen atoms in total. The van der Waals surface area contributed by atoms with Crippen LogP contribution < -0.4 is 9.47 Å². The van der Waals surface area contributed by atoms with Crippen molar-refractivity contribution in [2.24, 2.45) is 0 Å². The molecule has 0 saturated heterocycles. The Balaban J connectivity index is 1.87. The number of sulfonamides is 1. The average Bonchev–Trinajstić information content (AvgIpc) is 3.00. The molecule has 2 aromatic carbocycles. The van der Waals surface area contributed by atoms with Gasteiger partial charge in [0.05, 0.1) is 4.90 Å². The van der Waals surface area contributed by atoms with Crippen LogP contribution in [-0.2, 0) is 16.6 Å². The van der Waals surface area contributed by atoms with Gasteiger partial charge in [-0.15, -0.1) is 0 Å². The summed E-state index contributed by atoms with van der Waals surface area (Å²) < 4.78 is 50.5. The van der Waals surface area contributed by atoms with Crippen molar-refractivity contribution < 1.29 is 22.3 Å². The molecule has 0 unspecified atom stereocenters. The Labute approximate surface area is 134 Å². The number of benzene rings is 2. The zero-order valence-corrected chi connectivity index (χ0v) is 13.3. The average molecular weight is 337 g/mol. The highest BCUT2D eigenvalue weighted by Gasteiger charge is 2.24. The van der Waals surface area contributed by atoms with Gasteiger partial charge >= 0.3 is 0 Å². The topological polar surface area (TPSA) is 55.8 Å². The molecule has 23 heavy (non-hydrogen) atoms. The highest BCUT2D eigenvalue weighted by atomic mass is 32.2. The summed E-state index contributed by atoms with van der Waals surface area (Å²) >= 11 is 0. The van der Waals surface area contributed by atoms with Gasteiger partial charge in [-0.05, 0) is 35.9 Å². The van der Waals surface area contributed by atoms with E-state index >= 15 is 0 Å². The molecule has 0 saturated carbocycles. The molecule has 1 aliphatic heterocycles. The first-order valence-electron chi connectivity index (χ1n) is 7.15. The van der Waals surface area contributed by atoms with Gasteiger partial charge < -0.3 is 9.47 Å². The van der Waals surface area contributed by atoms with Crippen molar-refractivity contribution in [1.29, 1.82) is 0 Å². The summed E-state index contributed by atoms with van der Waals surface area (Å²) in [5, 5.41) is 0. The van der Waals surface area contributed by atoms with Crippen LogP contribution in [0.3, 0.4) is 0 Å². The fourth-order valence-corrected chi connectivity index (χ4v) is 3.86. The van der Waals surface area contributed by atoms with Crippen LogP contribution in [0.1, 0.15) is 12.5 Å². The molecule has 0 aromatic heterocycles. The van der Waals surface area contributed by atoms with Crippen molar-refractivity contribution in [2.75, 3.05) is 13.3 Å². The quantitative estimate of drug-likeness (QED) is 0.842. The van der Waals surface area contributed by atoms with E-state index < -0.39 is 15.8 Å². The first kappa shape index (κ1) is 15.8. The zero-order valence-electron chi connectivity index (χ0n) is 12.5. The Morgan fingerprint density at radius 2 is 1.91 bits per heavy atom. The molecule has 3 rings (SSSR count). The molecule has 0 amide bonds. The number of halogens is 1. The standard InChI is InChI=1S/C16H16FNO4S/c1-2-18(23(19,20)14-5-3-4-13(17)9-14)10-12-6-7-15-16(8-12)22-11-21-15/h3-9H,2,10-11H2,1H3. The smallest absolute Gasteiger partial charge is 0.243 e. The van der Waals surface area contributed by atoms with E-state index in [-0.39, 0.29) is 24.8 Å². The molecule has 0 fully saturated rings. The lowest BCUT2D eigenvalue weighted by molar-refractivity contribution is 0.174. The maximum atomic E-state index is 13.3. The van der Waals surface area contributed by atoms with Gasteiger partial charge in [-0.3, -0.25) is 0 Å². The Kier molecular flexibility index (Phi) is 4.23. The molecule has 0 bridgehead atoms. The highest BCUT2D eigenvalue weighted by molar-refractivity contribution is 7.89. The van der Waals surface area contributed by atoms with Crippen LogP contribution in [0.2, 0.25) is 0 Å². The molecule has 1 aliphatic rings. The van der Waals surface area contributed by atoms with Crippen LogP contribution in [0.4, 0.5) is 4.39 Å². The summed E-state index contributed by atoms with van der Waals surface area (Å²) in [5.41, 5.74) is 0.774. The second-order valence-electron chi connectivity index (χ2n) is 5.08. The minimum atomic E-state index is -3.76. The largest absolute Gasteiger partial charge is 0.454 e. The number of fused-ring (bicyclic) bond motifs is 1. The van der Waals surface area contributed by atoms with Gasteiger partial charge in [0.2, 0.25) is 16.8 Å². The Hall–Kier alpha value is -2.12. The highest BCUT2D eigenvalue weighted by Crippen LogP contribution is 2.33. The van der Waals surface area contributed by atoms with E-state index in [1.807, 2.05) is 0 Å². The Morgan fingerprint density at radius 1 is 1.13 bits per heavy atom. The first-order chi connectivity index (χ1) is 11.0. The van der Waals surface area contributed by atoms with Crippen LogP contribution >= 0.6 is 0 Å². The third kappa shape index (κ3) is 3.16. The molecule has 0 radical (unpaired) electrons. The second kappa shape index (κ2) is 6.17. The van der Waals surface area contributed by atoms with Gasteiger partial charge in [-0.1, -0.05) is 19.1 Å². The van der Waals surface area contributed by atoms with Gasteiger partial charge in [0, 0.05) is 13.1 Å². The van der Waals surface area contributed by atoms with Crippen LogP contribution in [0.15, 0.2) is 47.4 Å². The lowest BCUT2D eigenvalue weighted by Gasteiger charge is -2.20. The molecular formula is C16H16FNO4S. The third-order valence-electron chi connectivity index (χ3n) is 3.58. The normalized spacial score (nSPS) is 13.5. The minimum Gasteiger partial charge on any atom is -0.454 e. The van der Waals surface area contributed by atoms with Crippen molar-refractivity contribution in [3.05, 3.63) is 53.8 Å². The lowest BCUT2D eigenvalue weighted by Crippen LogP contribution is -2.30. The summed E-state index contributed by atoms with van der Waals surface area (Å²) in [6, 6.07) is 10.3. The van der Waals surface area contributed by atoms with Gasteiger partial charge in [-0.2, -0.15) is 4.31 Å². The maximum Gasteiger partial charge on any atom is 0.243 e. The van der Waals surface area contributed by atoms with Crippen molar-refractivity contribution in [3.8, 4) is 11.5 Å². The lowest BCUT2D eigenvalue weighted by atomic mass is 10.2. The van der Waals surface area contributed by atoms with Crippen LogP contribution in [-0.4, -0.2) is 26.1 Å². The SMILES string of the molecule is CCN(Cc1ccc2c(c1)OCO2)S(=O)(=O)c1cccc(F)c1. The number of nitrogens with zero attached hydrogens (tertiary/aromatic N) is 1. The van der Waals surface area contributed by atoms with E-state index in [1.54, 1.807) is 25.1 Å². The molecule has 0 atom stereocenters. The number of ether oxygens (including phenoxy) is 2. The third-order valence-corrected chi connectivity index (χ3v) is 5.50. The Bertz CT molecular complexity index is 823. The molecule has 7 heteroatoms. The van der Waals surface area contributed by atoms with Crippen LogP contribution in [0, 0.1) is 5.82 Å². The number of hydrogen-bond acceptors (Lipinski definition) is 4. The van der Waals surface area contributed by atoms with Crippen molar-refractivity contribution >= 4 is 10.0 Å². The summed E-state index contributed by atoms with van der Waals surface area (Å²) in [6.45, 7) is 2.35. The fourth-order valence-electron chi connectivity index (χ4n) is 2.39. The molecule has 0 spiro atoms.